The van der Waals surface area contributed by atoms with Gasteiger partial charge in [0.2, 0.25) is 5.91 Å². The molecule has 0 spiro atoms. The average Bonchev–Trinajstić information content (AvgIpc) is 2.36. The van der Waals surface area contributed by atoms with Crippen molar-refractivity contribution in [2.75, 3.05) is 30.3 Å². The monoisotopic (exact) mass is 315 g/mol. The lowest BCUT2D eigenvalue weighted by Gasteiger charge is -2.34. The summed E-state index contributed by atoms with van der Waals surface area (Å²) in [5.41, 5.74) is 7.16. The molecule has 0 atom stereocenters. The number of anilines is 2. The molecule has 0 unspecified atom stereocenters. The van der Waals surface area contributed by atoms with Crippen LogP contribution >= 0.6 is 23.2 Å². The number of nitrogens with one attached hydrogen (secondary N) is 1. The van der Waals surface area contributed by atoms with E-state index < -0.39 is 0 Å². The van der Waals surface area contributed by atoms with E-state index in [1.54, 1.807) is 19.1 Å². The molecule has 1 aromatic carbocycles. The second-order valence-electron chi connectivity index (χ2n) is 5.20. The van der Waals surface area contributed by atoms with Gasteiger partial charge in [-0.1, -0.05) is 23.2 Å². The fourth-order valence-electron chi connectivity index (χ4n) is 2.54. The van der Waals surface area contributed by atoms with Gasteiger partial charge in [-0.05, 0) is 30.9 Å². The van der Waals surface area contributed by atoms with Crippen molar-refractivity contribution < 1.29 is 4.79 Å². The van der Waals surface area contributed by atoms with E-state index in [-0.39, 0.29) is 5.91 Å². The van der Waals surface area contributed by atoms with Gasteiger partial charge >= 0.3 is 0 Å². The molecule has 110 valence electrons. The van der Waals surface area contributed by atoms with E-state index in [0.29, 0.717) is 21.7 Å². The van der Waals surface area contributed by atoms with Crippen molar-refractivity contribution in [3.8, 4) is 0 Å². The number of nitrogens with two attached hydrogens (primary N) is 1. The number of rotatable bonds is 3. The number of halogens is 2. The number of nitrogen functional groups attached to an aromatic ring is 1. The van der Waals surface area contributed by atoms with Crippen LogP contribution in [0.15, 0.2) is 12.1 Å². The van der Waals surface area contributed by atoms with Gasteiger partial charge in [0.15, 0.2) is 0 Å². The zero-order valence-electron chi connectivity index (χ0n) is 11.5. The smallest absolute Gasteiger partial charge is 0.216 e. The predicted molar refractivity (Wildman–Crippen MR) is 84.5 cm³/mol. The minimum atomic E-state index is 0.0250. The Bertz CT molecular complexity index is 476. The Labute approximate surface area is 129 Å². The Morgan fingerprint density at radius 3 is 2.40 bits per heavy atom. The van der Waals surface area contributed by atoms with Crippen LogP contribution in [0.3, 0.4) is 0 Å². The summed E-state index contributed by atoms with van der Waals surface area (Å²) in [5.74, 6) is 0.540. The van der Waals surface area contributed by atoms with Gasteiger partial charge in [-0.25, -0.2) is 0 Å². The summed E-state index contributed by atoms with van der Waals surface area (Å²) in [7, 11) is 0. The molecule has 4 nitrogen and oxygen atoms in total. The van der Waals surface area contributed by atoms with E-state index >= 15 is 0 Å². The number of hydrogen-bond donors (Lipinski definition) is 2. The van der Waals surface area contributed by atoms with Crippen LogP contribution in [0.5, 0.6) is 0 Å². The number of nitrogens with zero attached hydrogens (tertiary/aromatic N) is 1. The van der Waals surface area contributed by atoms with Gasteiger partial charge in [0.05, 0.1) is 15.7 Å². The molecule has 0 radical (unpaired) electrons. The van der Waals surface area contributed by atoms with E-state index in [4.69, 9.17) is 28.9 Å². The molecule has 0 saturated carbocycles. The van der Waals surface area contributed by atoms with Gasteiger partial charge in [-0.2, -0.15) is 0 Å². The van der Waals surface area contributed by atoms with E-state index in [9.17, 15) is 4.79 Å². The van der Waals surface area contributed by atoms with Crippen molar-refractivity contribution in [1.82, 2.24) is 5.32 Å². The quantitative estimate of drug-likeness (QED) is 0.843. The molecule has 1 aliphatic rings. The maximum Gasteiger partial charge on any atom is 0.216 e. The molecule has 1 aliphatic heterocycles. The van der Waals surface area contributed by atoms with Crippen LogP contribution in [-0.4, -0.2) is 25.5 Å². The topological polar surface area (TPSA) is 58.4 Å². The maximum absolute atomic E-state index is 10.9. The molecule has 0 aliphatic carbocycles. The van der Waals surface area contributed by atoms with Crippen molar-refractivity contribution in [1.29, 1.82) is 0 Å². The standard InChI is InChI=1S/C14H19Cl2N3O/c1-9(20)18-8-10-2-4-19(5-3-10)14-12(15)6-11(17)7-13(14)16/h6-7,10H,2-5,8,17H2,1H3,(H,18,20). The lowest BCUT2D eigenvalue weighted by Crippen LogP contribution is -2.38. The van der Waals surface area contributed by atoms with Gasteiger partial charge < -0.3 is 16.0 Å². The van der Waals surface area contributed by atoms with E-state index in [0.717, 1.165) is 38.2 Å². The molecule has 1 amide bonds. The zero-order valence-corrected chi connectivity index (χ0v) is 13.0. The molecule has 3 N–H and O–H groups in total. The number of benzene rings is 1. The van der Waals surface area contributed by atoms with Crippen LogP contribution < -0.4 is 16.0 Å². The fourth-order valence-corrected chi connectivity index (χ4v) is 3.28. The molecule has 0 aromatic heterocycles. The van der Waals surface area contributed by atoms with Crippen molar-refractivity contribution in [3.05, 3.63) is 22.2 Å². The Hall–Kier alpha value is -1.13. The van der Waals surface area contributed by atoms with Gasteiger partial charge in [0.25, 0.3) is 0 Å². The van der Waals surface area contributed by atoms with Crippen molar-refractivity contribution in [3.63, 3.8) is 0 Å². The number of hydrogen-bond acceptors (Lipinski definition) is 3. The largest absolute Gasteiger partial charge is 0.399 e. The fraction of sp³-hybridized carbons (Fsp3) is 0.500. The van der Waals surface area contributed by atoms with Gasteiger partial charge in [0.1, 0.15) is 0 Å². The van der Waals surface area contributed by atoms with Crippen LogP contribution in [0.1, 0.15) is 19.8 Å². The minimum absolute atomic E-state index is 0.0250. The second-order valence-corrected chi connectivity index (χ2v) is 6.02. The van der Waals surface area contributed by atoms with Gasteiger partial charge in [-0.15, -0.1) is 0 Å². The SMILES string of the molecule is CC(=O)NCC1CCN(c2c(Cl)cc(N)cc2Cl)CC1. The highest BCUT2D eigenvalue weighted by atomic mass is 35.5. The first-order valence-corrected chi connectivity index (χ1v) is 7.47. The summed E-state index contributed by atoms with van der Waals surface area (Å²) < 4.78 is 0. The molecule has 1 heterocycles. The predicted octanol–water partition coefficient (Wildman–Crippen LogP) is 2.93. The third-order valence-corrected chi connectivity index (χ3v) is 4.19. The molecule has 20 heavy (non-hydrogen) atoms. The van der Waals surface area contributed by atoms with Crippen molar-refractivity contribution >= 4 is 40.5 Å². The lowest BCUT2D eigenvalue weighted by molar-refractivity contribution is -0.119. The highest BCUT2D eigenvalue weighted by Crippen LogP contribution is 2.37. The maximum atomic E-state index is 10.9. The number of carbonyl (C=O) groups is 1. The molecule has 1 aromatic rings. The first-order valence-electron chi connectivity index (χ1n) is 6.71. The number of carbonyl (C=O) groups excluding carboxylic acids is 1. The zero-order chi connectivity index (χ0) is 14.7. The van der Waals surface area contributed by atoms with Crippen molar-refractivity contribution in [2.45, 2.75) is 19.8 Å². The van der Waals surface area contributed by atoms with Crippen LogP contribution in [-0.2, 0) is 4.79 Å². The minimum Gasteiger partial charge on any atom is -0.399 e. The van der Waals surface area contributed by atoms with Crippen LogP contribution in [0.25, 0.3) is 0 Å². The Balaban J connectivity index is 1.99. The van der Waals surface area contributed by atoms with E-state index in [2.05, 4.69) is 10.2 Å². The Kier molecular flexibility index (Phi) is 5.00. The Morgan fingerprint density at radius 2 is 1.90 bits per heavy atom. The molecule has 2 rings (SSSR count). The van der Waals surface area contributed by atoms with Gasteiger partial charge in [0, 0.05) is 32.2 Å². The molecule has 0 bridgehead atoms. The number of piperidine rings is 1. The normalized spacial score (nSPS) is 16.2. The lowest BCUT2D eigenvalue weighted by atomic mass is 9.96. The highest BCUT2D eigenvalue weighted by Gasteiger charge is 2.22. The van der Waals surface area contributed by atoms with E-state index in [1.807, 2.05) is 0 Å². The molecule has 6 heteroatoms. The third-order valence-electron chi connectivity index (χ3n) is 3.61. The van der Waals surface area contributed by atoms with Crippen LogP contribution in [0.2, 0.25) is 10.0 Å². The highest BCUT2D eigenvalue weighted by molar-refractivity contribution is 6.39. The summed E-state index contributed by atoms with van der Waals surface area (Å²) >= 11 is 12.5. The number of amides is 1. The second kappa shape index (κ2) is 6.55. The molecule has 1 saturated heterocycles. The first-order chi connectivity index (χ1) is 9.47. The summed E-state index contributed by atoms with van der Waals surface area (Å²) in [6.07, 6.45) is 2.02. The molecular weight excluding hydrogens is 297 g/mol. The Morgan fingerprint density at radius 1 is 1.35 bits per heavy atom. The van der Waals surface area contributed by atoms with E-state index in [1.165, 1.54) is 0 Å². The van der Waals surface area contributed by atoms with Crippen LogP contribution in [0.4, 0.5) is 11.4 Å². The summed E-state index contributed by atoms with van der Waals surface area (Å²) in [6.45, 7) is 4.05. The van der Waals surface area contributed by atoms with Crippen LogP contribution in [0, 0.1) is 5.92 Å². The summed E-state index contributed by atoms with van der Waals surface area (Å²) in [5, 5.41) is 4.06. The van der Waals surface area contributed by atoms with Gasteiger partial charge in [-0.3, -0.25) is 4.79 Å². The first kappa shape index (κ1) is 15.3. The molecular formula is C14H19Cl2N3O. The third kappa shape index (κ3) is 3.70. The summed E-state index contributed by atoms with van der Waals surface area (Å²) in [4.78, 5) is 13.1. The molecule has 1 fully saturated rings. The van der Waals surface area contributed by atoms with Crippen molar-refractivity contribution in [2.24, 2.45) is 5.92 Å². The average molecular weight is 316 g/mol. The summed E-state index contributed by atoms with van der Waals surface area (Å²) in [6, 6.07) is 3.46.